The van der Waals surface area contributed by atoms with Crippen molar-refractivity contribution in [1.82, 2.24) is 9.97 Å². The van der Waals surface area contributed by atoms with Crippen molar-refractivity contribution in [3.63, 3.8) is 0 Å². The summed E-state index contributed by atoms with van der Waals surface area (Å²) in [6.45, 7) is 3.28. The summed E-state index contributed by atoms with van der Waals surface area (Å²) in [5.74, 6) is 0.831. The number of carboxylic acid groups (broad SMARTS) is 1. The third kappa shape index (κ3) is 5.48. The summed E-state index contributed by atoms with van der Waals surface area (Å²) in [6.07, 6.45) is 4.58. The highest BCUT2D eigenvalue weighted by Gasteiger charge is 2.09. The van der Waals surface area contributed by atoms with Gasteiger partial charge in [-0.15, -0.1) is 11.3 Å². The van der Waals surface area contributed by atoms with Crippen molar-refractivity contribution >= 4 is 28.2 Å². The van der Waals surface area contributed by atoms with Crippen LogP contribution in [0.5, 0.6) is 11.5 Å². The summed E-state index contributed by atoms with van der Waals surface area (Å²) >= 11 is 1.64. The Kier molecular flexibility index (Phi) is 7.07. The highest BCUT2D eigenvalue weighted by atomic mass is 32.1. The van der Waals surface area contributed by atoms with Crippen LogP contribution in [0.1, 0.15) is 31.0 Å². The number of nitrogens with zero attached hydrogens (tertiary/aromatic N) is 1. The molecule has 2 aromatic heterocycles. The zero-order chi connectivity index (χ0) is 22.3. The first-order valence-corrected chi connectivity index (χ1v) is 11.6. The molecule has 7 heteroatoms. The van der Waals surface area contributed by atoms with Crippen molar-refractivity contribution in [2.75, 3.05) is 13.2 Å². The van der Waals surface area contributed by atoms with Gasteiger partial charge in [0, 0.05) is 40.2 Å². The maximum Gasteiger partial charge on any atom is 0.309 e. The number of aliphatic carboxylic acids is 1. The minimum atomic E-state index is -0.854. The molecule has 4 rings (SSSR count). The lowest BCUT2D eigenvalue weighted by atomic mass is 10.1. The van der Waals surface area contributed by atoms with Gasteiger partial charge >= 0.3 is 5.97 Å². The molecule has 2 heterocycles. The molecule has 0 aliphatic heterocycles. The Morgan fingerprint density at radius 1 is 1.12 bits per heavy atom. The number of H-pyrrole nitrogens is 1. The number of rotatable bonds is 11. The second-order valence-electron chi connectivity index (χ2n) is 7.57. The largest absolute Gasteiger partial charge is 0.493 e. The Morgan fingerprint density at radius 3 is 2.78 bits per heavy atom. The lowest BCUT2D eigenvalue weighted by molar-refractivity contribution is -0.136. The fraction of sp³-hybridized carbons (Fsp3) is 0.280. The zero-order valence-corrected chi connectivity index (χ0v) is 18.8. The van der Waals surface area contributed by atoms with E-state index in [4.69, 9.17) is 14.6 Å². The molecule has 4 aromatic rings. The molecule has 2 N–H and O–H groups in total. The van der Waals surface area contributed by atoms with E-state index in [1.807, 2.05) is 41.9 Å². The van der Waals surface area contributed by atoms with Gasteiger partial charge in [-0.2, -0.15) is 0 Å². The van der Waals surface area contributed by atoms with Crippen LogP contribution in [0.3, 0.4) is 0 Å². The lowest BCUT2D eigenvalue weighted by Gasteiger charge is -2.13. The maximum atomic E-state index is 10.9. The van der Waals surface area contributed by atoms with E-state index in [-0.39, 0.29) is 6.42 Å². The average Bonchev–Trinajstić information content (AvgIpc) is 3.43. The van der Waals surface area contributed by atoms with Gasteiger partial charge in [-0.3, -0.25) is 4.79 Å². The molecule has 0 saturated heterocycles. The molecular formula is C25H26N2O4S. The molecule has 0 atom stereocenters. The first-order valence-electron chi connectivity index (χ1n) is 10.7. The van der Waals surface area contributed by atoms with Gasteiger partial charge in [-0.25, -0.2) is 4.98 Å². The van der Waals surface area contributed by atoms with Gasteiger partial charge in [-0.05, 0) is 54.4 Å². The van der Waals surface area contributed by atoms with Crippen LogP contribution in [0.4, 0.5) is 0 Å². The normalized spacial score (nSPS) is 11.0. The molecule has 6 nitrogen and oxygen atoms in total. The molecule has 0 aliphatic carbocycles. The predicted molar refractivity (Wildman–Crippen MR) is 127 cm³/mol. The molecule has 0 unspecified atom stereocenters. The average molecular weight is 451 g/mol. The summed E-state index contributed by atoms with van der Waals surface area (Å²) in [5.41, 5.74) is 3.92. The van der Waals surface area contributed by atoms with E-state index < -0.39 is 5.97 Å². The molecule has 32 heavy (non-hydrogen) atoms. The molecule has 0 fully saturated rings. The first-order chi connectivity index (χ1) is 15.6. The fourth-order valence-corrected chi connectivity index (χ4v) is 4.27. The van der Waals surface area contributed by atoms with Gasteiger partial charge in [0.25, 0.3) is 0 Å². The predicted octanol–water partition coefficient (Wildman–Crippen LogP) is 5.72. The quantitative estimate of drug-likeness (QED) is 0.286. The monoisotopic (exact) mass is 450 g/mol. The number of thiazole rings is 1. The van der Waals surface area contributed by atoms with E-state index >= 15 is 0 Å². The topological polar surface area (TPSA) is 84.4 Å². The Morgan fingerprint density at radius 2 is 2.00 bits per heavy atom. The Hall–Kier alpha value is -3.32. The molecule has 0 spiro atoms. The Labute approximate surface area is 190 Å². The van der Waals surface area contributed by atoms with Gasteiger partial charge in [0.15, 0.2) is 0 Å². The van der Waals surface area contributed by atoms with Crippen molar-refractivity contribution in [3.8, 4) is 22.1 Å². The minimum absolute atomic E-state index is 0.0208. The molecule has 0 radical (unpaired) electrons. The van der Waals surface area contributed by atoms with E-state index in [9.17, 15) is 4.79 Å². The number of nitrogens with one attached hydrogen (secondary N) is 1. The lowest BCUT2D eigenvalue weighted by Crippen LogP contribution is -2.06. The van der Waals surface area contributed by atoms with E-state index in [1.54, 1.807) is 11.3 Å². The number of benzene rings is 2. The molecule has 166 valence electrons. The summed E-state index contributed by atoms with van der Waals surface area (Å²) < 4.78 is 11.9. The summed E-state index contributed by atoms with van der Waals surface area (Å²) in [4.78, 5) is 18.4. The van der Waals surface area contributed by atoms with Crippen LogP contribution >= 0.6 is 11.3 Å². The number of aryl methyl sites for hydroxylation is 1. The van der Waals surface area contributed by atoms with Crippen LogP contribution in [0.2, 0.25) is 0 Å². The Balaban J connectivity index is 1.30. The number of hydrogen-bond donors (Lipinski definition) is 2. The second kappa shape index (κ2) is 10.3. The van der Waals surface area contributed by atoms with Gasteiger partial charge in [0.1, 0.15) is 16.5 Å². The zero-order valence-electron chi connectivity index (χ0n) is 18.0. The van der Waals surface area contributed by atoms with Crippen LogP contribution < -0.4 is 9.47 Å². The van der Waals surface area contributed by atoms with Gasteiger partial charge in [-0.1, -0.05) is 13.3 Å². The number of carbonyl (C=O) groups is 1. The van der Waals surface area contributed by atoms with Gasteiger partial charge in [0.2, 0.25) is 0 Å². The summed E-state index contributed by atoms with van der Waals surface area (Å²) in [5, 5.41) is 12.9. The van der Waals surface area contributed by atoms with Gasteiger partial charge in [0.05, 0.1) is 19.6 Å². The second-order valence-corrected chi connectivity index (χ2v) is 8.47. The van der Waals surface area contributed by atoms with Crippen molar-refractivity contribution in [1.29, 1.82) is 0 Å². The van der Waals surface area contributed by atoms with E-state index in [0.29, 0.717) is 18.9 Å². The maximum absolute atomic E-state index is 10.9. The number of carboxylic acids is 1. The van der Waals surface area contributed by atoms with Crippen molar-refractivity contribution in [2.24, 2.45) is 0 Å². The van der Waals surface area contributed by atoms with E-state index in [2.05, 4.69) is 29.0 Å². The van der Waals surface area contributed by atoms with Crippen LogP contribution in [0, 0.1) is 0 Å². The van der Waals surface area contributed by atoms with Crippen LogP contribution in [-0.4, -0.2) is 34.3 Å². The van der Waals surface area contributed by atoms with Crippen molar-refractivity contribution in [2.45, 2.75) is 32.6 Å². The smallest absolute Gasteiger partial charge is 0.309 e. The van der Waals surface area contributed by atoms with E-state index in [0.717, 1.165) is 52.2 Å². The molecular weight excluding hydrogens is 424 g/mol. The van der Waals surface area contributed by atoms with Crippen molar-refractivity contribution < 1.29 is 19.4 Å². The number of fused-ring (bicyclic) bond motifs is 1. The highest BCUT2D eigenvalue weighted by molar-refractivity contribution is 7.13. The van der Waals surface area contributed by atoms with Gasteiger partial charge < -0.3 is 19.6 Å². The summed E-state index contributed by atoms with van der Waals surface area (Å²) in [6, 6.07) is 13.9. The third-order valence-corrected chi connectivity index (χ3v) is 5.89. The number of aromatic nitrogens is 2. The number of ether oxygens (including phenoxy) is 2. The molecule has 2 aromatic carbocycles. The third-order valence-electron chi connectivity index (χ3n) is 5.06. The SMILES string of the molecule is CCCc1cc(-c2nccs2)ccc1OCCCOc1ccc2[nH]c(CC(=O)O)cc2c1. The van der Waals surface area contributed by atoms with Crippen LogP contribution in [0.25, 0.3) is 21.5 Å². The standard InChI is InChI=1S/C25H26N2O4S/c1-2-4-17-13-18(25-26-9-12-32-25)5-8-23(17)31-11-3-10-30-21-6-7-22-19(15-21)14-20(27-22)16-24(28)29/h5-9,12-15,27H,2-4,10-11,16H2,1H3,(H,28,29). The van der Waals surface area contributed by atoms with E-state index in [1.165, 1.54) is 5.56 Å². The molecule has 0 amide bonds. The Bertz CT molecular complexity index is 1180. The van der Waals surface area contributed by atoms with Crippen LogP contribution in [-0.2, 0) is 17.6 Å². The molecule has 0 saturated carbocycles. The number of hydrogen-bond acceptors (Lipinski definition) is 5. The fourth-order valence-electron chi connectivity index (χ4n) is 3.63. The molecule has 0 aliphatic rings. The first kappa shape index (κ1) is 21.9. The number of aromatic amines is 1. The molecule has 0 bridgehead atoms. The summed E-state index contributed by atoms with van der Waals surface area (Å²) in [7, 11) is 0. The highest BCUT2D eigenvalue weighted by Crippen LogP contribution is 2.29. The van der Waals surface area contributed by atoms with Crippen LogP contribution in [0.15, 0.2) is 54.0 Å². The minimum Gasteiger partial charge on any atom is -0.493 e. The van der Waals surface area contributed by atoms with Crippen molar-refractivity contribution in [3.05, 3.63) is 65.3 Å².